The van der Waals surface area contributed by atoms with Crippen molar-refractivity contribution in [2.45, 2.75) is 31.8 Å². The minimum atomic E-state index is -3.22. The van der Waals surface area contributed by atoms with Crippen molar-refractivity contribution in [3.8, 4) is 0 Å². The molecule has 1 rings (SSSR count). The van der Waals surface area contributed by atoms with Crippen LogP contribution < -0.4 is 4.72 Å². The van der Waals surface area contributed by atoms with Gasteiger partial charge in [-0.15, -0.1) is 0 Å². The molecule has 1 aliphatic rings. The van der Waals surface area contributed by atoms with Crippen LogP contribution in [-0.2, 0) is 14.8 Å². The molecule has 0 aromatic rings. The summed E-state index contributed by atoms with van der Waals surface area (Å²) in [4.78, 5) is 0. The molecule has 0 aromatic heterocycles. The van der Waals surface area contributed by atoms with Gasteiger partial charge < -0.3 is 9.84 Å². The van der Waals surface area contributed by atoms with Crippen LogP contribution in [0.5, 0.6) is 0 Å². The molecular weight excluding hydrogens is 218 g/mol. The zero-order chi connectivity index (χ0) is 11.4. The predicted octanol–water partition coefficient (Wildman–Crippen LogP) is -0.143. The van der Waals surface area contributed by atoms with E-state index >= 15 is 0 Å². The minimum Gasteiger partial charge on any atom is -0.388 e. The number of aliphatic hydroxyl groups is 1. The van der Waals surface area contributed by atoms with Crippen molar-refractivity contribution in [2.24, 2.45) is 0 Å². The second-order valence-corrected chi connectivity index (χ2v) is 5.90. The lowest BCUT2D eigenvalue weighted by Gasteiger charge is -2.31. The summed E-state index contributed by atoms with van der Waals surface area (Å²) in [6.07, 6.45) is 1.56. The van der Waals surface area contributed by atoms with Crippen LogP contribution in [0.1, 0.15) is 26.2 Å². The number of hydrogen-bond acceptors (Lipinski definition) is 4. The number of ether oxygens (including phenoxy) is 1. The summed E-state index contributed by atoms with van der Waals surface area (Å²) >= 11 is 0. The molecule has 1 saturated heterocycles. The van der Waals surface area contributed by atoms with Crippen molar-refractivity contribution >= 4 is 10.0 Å². The molecule has 0 saturated carbocycles. The van der Waals surface area contributed by atoms with E-state index in [2.05, 4.69) is 4.72 Å². The highest BCUT2D eigenvalue weighted by molar-refractivity contribution is 7.89. The molecule has 0 amide bonds. The second kappa shape index (κ2) is 5.25. The third-order valence-corrected chi connectivity index (χ3v) is 4.05. The van der Waals surface area contributed by atoms with Gasteiger partial charge in [0.05, 0.1) is 11.4 Å². The molecule has 2 N–H and O–H groups in total. The monoisotopic (exact) mass is 237 g/mol. The Morgan fingerprint density at radius 3 is 2.53 bits per heavy atom. The van der Waals surface area contributed by atoms with E-state index in [1.165, 1.54) is 0 Å². The maximum absolute atomic E-state index is 11.4. The second-order valence-electron chi connectivity index (χ2n) is 3.98. The molecule has 0 aromatic carbocycles. The predicted molar refractivity (Wildman–Crippen MR) is 57.1 cm³/mol. The number of rotatable bonds is 5. The Hall–Kier alpha value is -0.170. The Balaban J connectivity index is 2.41. The first-order valence-corrected chi connectivity index (χ1v) is 6.90. The van der Waals surface area contributed by atoms with Gasteiger partial charge in [0.15, 0.2) is 0 Å². The van der Waals surface area contributed by atoms with Gasteiger partial charge in [-0.1, -0.05) is 6.92 Å². The van der Waals surface area contributed by atoms with Crippen LogP contribution in [0, 0.1) is 0 Å². The third-order valence-electron chi connectivity index (χ3n) is 2.52. The molecule has 1 fully saturated rings. The lowest BCUT2D eigenvalue weighted by molar-refractivity contribution is -0.0588. The van der Waals surface area contributed by atoms with Gasteiger partial charge in [0.25, 0.3) is 0 Å². The lowest BCUT2D eigenvalue weighted by atomic mass is 9.95. The largest absolute Gasteiger partial charge is 0.388 e. The molecule has 1 aliphatic heterocycles. The maximum atomic E-state index is 11.4. The normalized spacial score (nSPS) is 21.5. The van der Waals surface area contributed by atoms with Gasteiger partial charge in [-0.2, -0.15) is 0 Å². The SMILES string of the molecule is CCCS(=O)(=O)NCC1(O)CCOCC1. The van der Waals surface area contributed by atoms with Crippen LogP contribution in [0.4, 0.5) is 0 Å². The Labute approximate surface area is 90.9 Å². The highest BCUT2D eigenvalue weighted by Crippen LogP contribution is 2.19. The first-order chi connectivity index (χ1) is 6.97. The van der Waals surface area contributed by atoms with E-state index in [1.54, 1.807) is 0 Å². The topological polar surface area (TPSA) is 75.6 Å². The average molecular weight is 237 g/mol. The molecule has 90 valence electrons. The van der Waals surface area contributed by atoms with Gasteiger partial charge >= 0.3 is 0 Å². The van der Waals surface area contributed by atoms with Gasteiger partial charge in [-0.05, 0) is 6.42 Å². The summed E-state index contributed by atoms with van der Waals surface area (Å²) in [6, 6.07) is 0. The zero-order valence-electron chi connectivity index (χ0n) is 9.03. The molecule has 5 nitrogen and oxygen atoms in total. The highest BCUT2D eigenvalue weighted by Gasteiger charge is 2.30. The smallest absolute Gasteiger partial charge is 0.211 e. The fourth-order valence-corrected chi connectivity index (χ4v) is 2.68. The minimum absolute atomic E-state index is 0.0959. The van der Waals surface area contributed by atoms with E-state index in [0.717, 1.165) is 0 Å². The molecular formula is C9H19NO4S. The zero-order valence-corrected chi connectivity index (χ0v) is 9.85. The molecule has 0 aliphatic carbocycles. The number of sulfonamides is 1. The Morgan fingerprint density at radius 2 is 2.00 bits per heavy atom. The van der Waals surface area contributed by atoms with Crippen molar-refractivity contribution < 1.29 is 18.3 Å². The number of hydrogen-bond donors (Lipinski definition) is 2. The molecule has 0 spiro atoms. The van der Waals surface area contributed by atoms with Crippen LogP contribution in [0.2, 0.25) is 0 Å². The molecule has 0 unspecified atom stereocenters. The Bertz CT molecular complexity index is 282. The molecule has 6 heteroatoms. The molecule has 0 atom stereocenters. The van der Waals surface area contributed by atoms with E-state index in [0.29, 0.717) is 32.5 Å². The van der Waals surface area contributed by atoms with Crippen molar-refractivity contribution in [3.05, 3.63) is 0 Å². The summed E-state index contributed by atoms with van der Waals surface area (Å²) in [5, 5.41) is 10.00. The van der Waals surface area contributed by atoms with Gasteiger partial charge in [0.2, 0.25) is 10.0 Å². The van der Waals surface area contributed by atoms with Crippen LogP contribution in [0.15, 0.2) is 0 Å². The maximum Gasteiger partial charge on any atom is 0.211 e. The van der Waals surface area contributed by atoms with Gasteiger partial charge in [0, 0.05) is 32.6 Å². The van der Waals surface area contributed by atoms with Gasteiger partial charge in [-0.25, -0.2) is 13.1 Å². The molecule has 15 heavy (non-hydrogen) atoms. The molecule has 0 bridgehead atoms. The Morgan fingerprint density at radius 1 is 1.40 bits per heavy atom. The summed E-state index contributed by atoms with van der Waals surface area (Å²) < 4.78 is 30.3. The van der Waals surface area contributed by atoms with Crippen LogP contribution in [0.3, 0.4) is 0 Å². The van der Waals surface area contributed by atoms with Gasteiger partial charge in [0.1, 0.15) is 0 Å². The summed E-state index contributed by atoms with van der Waals surface area (Å²) in [5.41, 5.74) is -0.931. The fraction of sp³-hybridized carbons (Fsp3) is 1.00. The third kappa shape index (κ3) is 4.46. The highest BCUT2D eigenvalue weighted by atomic mass is 32.2. The van der Waals surface area contributed by atoms with Crippen LogP contribution >= 0.6 is 0 Å². The van der Waals surface area contributed by atoms with Crippen molar-refractivity contribution in [3.63, 3.8) is 0 Å². The van der Waals surface area contributed by atoms with Crippen LogP contribution in [-0.4, -0.2) is 44.6 Å². The van der Waals surface area contributed by atoms with E-state index in [9.17, 15) is 13.5 Å². The summed E-state index contributed by atoms with van der Waals surface area (Å²) in [6.45, 7) is 2.89. The molecule has 0 radical (unpaired) electrons. The summed E-state index contributed by atoms with van der Waals surface area (Å²) in [7, 11) is -3.22. The lowest BCUT2D eigenvalue weighted by Crippen LogP contribution is -2.47. The van der Waals surface area contributed by atoms with Gasteiger partial charge in [-0.3, -0.25) is 0 Å². The van der Waals surface area contributed by atoms with Crippen molar-refractivity contribution in [1.29, 1.82) is 0 Å². The summed E-state index contributed by atoms with van der Waals surface area (Å²) in [5.74, 6) is 0.111. The standard InChI is InChI=1S/C9H19NO4S/c1-2-7-15(12,13)10-8-9(11)3-5-14-6-4-9/h10-11H,2-8H2,1H3. The van der Waals surface area contributed by atoms with E-state index in [4.69, 9.17) is 4.74 Å². The van der Waals surface area contributed by atoms with Crippen molar-refractivity contribution in [2.75, 3.05) is 25.5 Å². The first kappa shape index (κ1) is 12.9. The average Bonchev–Trinajstić information content (AvgIpc) is 2.17. The Kier molecular flexibility index (Phi) is 4.51. The number of nitrogens with one attached hydrogen (secondary N) is 1. The van der Waals surface area contributed by atoms with Crippen LogP contribution in [0.25, 0.3) is 0 Å². The quantitative estimate of drug-likeness (QED) is 0.697. The van der Waals surface area contributed by atoms with E-state index < -0.39 is 15.6 Å². The van der Waals surface area contributed by atoms with E-state index in [1.807, 2.05) is 6.92 Å². The molecule has 1 heterocycles. The fourth-order valence-electron chi connectivity index (χ4n) is 1.51. The first-order valence-electron chi connectivity index (χ1n) is 5.25. The van der Waals surface area contributed by atoms with Crippen molar-refractivity contribution in [1.82, 2.24) is 4.72 Å². The van der Waals surface area contributed by atoms with E-state index in [-0.39, 0.29) is 12.3 Å².